The number of ketones is 1. The number of carbonyl (C=O) groups excluding carboxylic acids is 7. The number of halogens is 3. The predicted molar refractivity (Wildman–Crippen MR) is 188 cm³/mol. The summed E-state index contributed by atoms with van der Waals surface area (Å²) in [5, 5.41) is 9.80. The Morgan fingerprint density at radius 3 is 2.11 bits per heavy atom. The van der Waals surface area contributed by atoms with E-state index in [0.29, 0.717) is 19.4 Å². The smallest absolute Gasteiger partial charge is 0.427 e. The fraction of sp³-hybridized carbons (Fsp3) is 0.649. The van der Waals surface area contributed by atoms with Crippen LogP contribution < -0.4 is 21.3 Å². The van der Waals surface area contributed by atoms with Crippen LogP contribution in [-0.4, -0.2) is 108 Å². The van der Waals surface area contributed by atoms with E-state index in [0.717, 1.165) is 12.8 Å². The largest absolute Gasteiger partial charge is 0.434 e. The maximum Gasteiger partial charge on any atom is 0.427 e. The van der Waals surface area contributed by atoms with Gasteiger partial charge in [0, 0.05) is 20.6 Å². The van der Waals surface area contributed by atoms with Gasteiger partial charge >= 0.3 is 12.3 Å². The Morgan fingerprint density at radius 2 is 1.57 bits per heavy atom. The summed E-state index contributed by atoms with van der Waals surface area (Å²) >= 11 is 0. The molecule has 1 aromatic rings. The second-order valence-electron chi connectivity index (χ2n) is 16.1. The first-order valence-electron chi connectivity index (χ1n) is 18.0. The molecule has 3 aliphatic rings. The summed E-state index contributed by atoms with van der Waals surface area (Å²) in [7, 11) is 3.06. The van der Waals surface area contributed by atoms with Gasteiger partial charge in [0.1, 0.15) is 18.1 Å². The SMILES string of the molecule is CC(C)[C@H](NC(=O)OC(C)(C)C(F)(F)F)C(=O)N1C[C@H]2[C@@H]([C@H]1C(=O)NC(CC1CC1)C(=O)C(=O)NCC(=O)N[C@H](C(=O)N(C)C)c1ccccc1)C2(C)C. The number of hydrogen-bond donors (Lipinski definition) is 4. The third-order valence-corrected chi connectivity index (χ3v) is 10.7. The van der Waals surface area contributed by atoms with Gasteiger partial charge in [-0.15, -0.1) is 0 Å². The van der Waals surface area contributed by atoms with E-state index < -0.39 is 89.8 Å². The van der Waals surface area contributed by atoms with E-state index in [1.165, 1.54) is 23.9 Å². The number of hydrogen-bond acceptors (Lipinski definition) is 8. The molecule has 0 aromatic heterocycles. The number of amides is 6. The number of alkyl carbamates (subject to hydrolysis) is 1. The Bertz CT molecular complexity index is 1630. The lowest BCUT2D eigenvalue weighted by molar-refractivity contribution is -0.244. The van der Waals surface area contributed by atoms with Gasteiger partial charge in [0.15, 0.2) is 0 Å². The maximum atomic E-state index is 14.1. The van der Waals surface area contributed by atoms with Gasteiger partial charge in [0.05, 0.1) is 12.6 Å². The van der Waals surface area contributed by atoms with Gasteiger partial charge in [0.25, 0.3) is 5.91 Å². The number of likely N-dealkylation sites (tertiary alicyclic amines) is 1. The highest BCUT2D eigenvalue weighted by Gasteiger charge is 2.69. The quantitative estimate of drug-likeness (QED) is 0.197. The molecule has 4 N–H and O–H groups in total. The Hall–Kier alpha value is -4.70. The normalized spacial score (nSPS) is 21.9. The average Bonchev–Trinajstić information content (AvgIpc) is 3.94. The van der Waals surface area contributed by atoms with Crippen LogP contribution in [0.3, 0.4) is 0 Å². The molecule has 298 valence electrons. The highest BCUT2D eigenvalue weighted by molar-refractivity contribution is 6.38. The van der Waals surface area contributed by atoms with E-state index in [1.807, 2.05) is 13.8 Å². The fourth-order valence-corrected chi connectivity index (χ4v) is 6.94. The summed E-state index contributed by atoms with van der Waals surface area (Å²) in [5.41, 5.74) is -2.68. The van der Waals surface area contributed by atoms with E-state index in [4.69, 9.17) is 0 Å². The monoisotopic (exact) mass is 764 g/mol. The fourth-order valence-electron chi connectivity index (χ4n) is 6.94. The molecule has 4 rings (SSSR count). The summed E-state index contributed by atoms with van der Waals surface area (Å²) < 4.78 is 44.8. The Labute approximate surface area is 312 Å². The third-order valence-electron chi connectivity index (χ3n) is 10.7. The zero-order valence-corrected chi connectivity index (χ0v) is 31.8. The van der Waals surface area contributed by atoms with E-state index in [-0.39, 0.29) is 36.1 Å². The second-order valence-corrected chi connectivity index (χ2v) is 16.1. The number of rotatable bonds is 15. The molecule has 2 aliphatic carbocycles. The van der Waals surface area contributed by atoms with Crippen LogP contribution in [0, 0.1) is 29.1 Å². The van der Waals surface area contributed by atoms with E-state index in [9.17, 15) is 46.7 Å². The van der Waals surface area contributed by atoms with Crippen molar-refractivity contribution in [2.24, 2.45) is 29.1 Å². The molecule has 6 amide bonds. The number of nitrogens with one attached hydrogen (secondary N) is 4. The first-order chi connectivity index (χ1) is 25.0. The van der Waals surface area contributed by atoms with Crippen LogP contribution in [0.15, 0.2) is 30.3 Å². The van der Waals surface area contributed by atoms with Crippen molar-refractivity contribution in [2.75, 3.05) is 27.2 Å². The lowest BCUT2D eigenvalue weighted by Gasteiger charge is -2.35. The number of fused-ring (bicyclic) bond motifs is 1. The standard InChI is InChI=1S/C37H51F3N6O8/c1-19(2)26(44-34(53)54-36(5,6)37(38,39)40)33(52)46-18-22-25(35(22,3)4)28(46)30(49)42-23(16-20-14-15-20)29(48)31(50)41-17-24(47)43-27(32(51)45(7)8)21-12-10-9-11-13-21/h9-13,19-20,22-23,25-28H,14-18H2,1-8H3,(H,41,50)(H,42,49)(H,43,47)(H,44,53)/t22-,23?,25-,26-,27-,28-/m0/s1. The molecule has 14 nitrogen and oxygen atoms in total. The van der Waals surface area contributed by atoms with E-state index >= 15 is 0 Å². The summed E-state index contributed by atoms with van der Waals surface area (Å²) in [6, 6.07) is 3.72. The van der Waals surface area contributed by atoms with Gasteiger partial charge in [-0.05, 0) is 54.9 Å². The third kappa shape index (κ3) is 9.50. The van der Waals surface area contributed by atoms with Crippen molar-refractivity contribution in [2.45, 2.75) is 96.7 Å². The molecule has 0 bridgehead atoms. The van der Waals surface area contributed by atoms with Crippen LogP contribution in [0.4, 0.5) is 18.0 Å². The zero-order valence-electron chi connectivity index (χ0n) is 31.8. The molecule has 1 aliphatic heterocycles. The minimum Gasteiger partial charge on any atom is -0.434 e. The van der Waals surface area contributed by atoms with Crippen LogP contribution >= 0.6 is 0 Å². The molecule has 1 heterocycles. The molecule has 6 atom stereocenters. The van der Waals surface area contributed by atoms with Crippen molar-refractivity contribution in [1.29, 1.82) is 0 Å². The molecule has 0 radical (unpaired) electrons. The van der Waals surface area contributed by atoms with Crippen LogP contribution in [0.1, 0.15) is 72.4 Å². The molecule has 1 saturated heterocycles. The molecule has 54 heavy (non-hydrogen) atoms. The number of carbonyl (C=O) groups is 7. The second kappa shape index (κ2) is 16.0. The summed E-state index contributed by atoms with van der Waals surface area (Å²) in [6.45, 7) is 7.88. The van der Waals surface area contributed by atoms with Gasteiger partial charge in [-0.3, -0.25) is 28.8 Å². The van der Waals surface area contributed by atoms with Crippen molar-refractivity contribution >= 4 is 41.4 Å². The number of Topliss-reactive ketones (excluding diaryl/α,β-unsaturated/α-hetero) is 1. The highest BCUT2D eigenvalue weighted by Crippen LogP contribution is 2.65. The van der Waals surface area contributed by atoms with Crippen LogP contribution in [0.2, 0.25) is 0 Å². The van der Waals surface area contributed by atoms with E-state index in [2.05, 4.69) is 26.0 Å². The van der Waals surface area contributed by atoms with Gasteiger partial charge in [-0.1, -0.05) is 70.9 Å². The van der Waals surface area contributed by atoms with Crippen molar-refractivity contribution in [1.82, 2.24) is 31.1 Å². The maximum absolute atomic E-state index is 14.1. The number of piperidine rings is 1. The van der Waals surface area contributed by atoms with Gasteiger partial charge in [0.2, 0.25) is 35.0 Å². The van der Waals surface area contributed by atoms with Crippen LogP contribution in [-0.2, 0) is 33.5 Å². The summed E-state index contributed by atoms with van der Waals surface area (Å²) in [4.78, 5) is 95.5. The van der Waals surface area contributed by atoms with Crippen molar-refractivity contribution < 1.29 is 51.5 Å². The number of alkyl halides is 3. The lowest BCUT2D eigenvalue weighted by atomic mass is 9.96. The van der Waals surface area contributed by atoms with Crippen LogP contribution in [0.25, 0.3) is 0 Å². The van der Waals surface area contributed by atoms with Crippen molar-refractivity contribution in [3.63, 3.8) is 0 Å². The average molecular weight is 765 g/mol. The topological polar surface area (TPSA) is 183 Å². The molecule has 2 saturated carbocycles. The molecular formula is C37H51F3N6O8. The van der Waals surface area contributed by atoms with Crippen molar-refractivity contribution in [3.05, 3.63) is 35.9 Å². The minimum absolute atomic E-state index is 0.0620. The summed E-state index contributed by atoms with van der Waals surface area (Å²) in [6.07, 6.45) is -4.63. The number of ether oxygens (including phenoxy) is 1. The molecule has 1 aromatic carbocycles. The number of likely N-dealkylation sites (N-methyl/N-ethyl adjacent to an activating group) is 1. The predicted octanol–water partition coefficient (Wildman–Crippen LogP) is 2.48. The van der Waals surface area contributed by atoms with Crippen molar-refractivity contribution in [3.8, 4) is 0 Å². The Balaban J connectivity index is 1.45. The molecule has 3 fully saturated rings. The first kappa shape index (κ1) is 42.0. The minimum atomic E-state index is -4.87. The molecule has 0 spiro atoms. The first-order valence-corrected chi connectivity index (χ1v) is 18.0. The number of benzene rings is 1. The number of nitrogens with zero attached hydrogens (tertiary/aromatic N) is 2. The molecule has 1 unspecified atom stereocenters. The van der Waals surface area contributed by atoms with Gasteiger partial charge < -0.3 is 35.8 Å². The Kier molecular flexibility index (Phi) is 12.4. The molecule has 17 heteroatoms. The summed E-state index contributed by atoms with van der Waals surface area (Å²) in [5.74, 6) is -5.65. The highest BCUT2D eigenvalue weighted by atomic mass is 19.4. The van der Waals surface area contributed by atoms with Crippen LogP contribution in [0.5, 0.6) is 0 Å². The molecular weight excluding hydrogens is 713 g/mol. The van der Waals surface area contributed by atoms with Gasteiger partial charge in [-0.25, -0.2) is 4.79 Å². The lowest BCUT2D eigenvalue weighted by Crippen LogP contribution is -2.59. The Morgan fingerprint density at radius 1 is 0.963 bits per heavy atom. The van der Waals surface area contributed by atoms with Gasteiger partial charge in [-0.2, -0.15) is 13.2 Å². The van der Waals surface area contributed by atoms with E-state index in [1.54, 1.807) is 44.2 Å². The zero-order chi connectivity index (χ0) is 40.5.